The fourth-order valence-electron chi connectivity index (χ4n) is 5.55. The van der Waals surface area contributed by atoms with Gasteiger partial charge in [0.2, 0.25) is 0 Å². The van der Waals surface area contributed by atoms with Crippen LogP contribution in [-0.4, -0.2) is 64.5 Å². The Morgan fingerprint density at radius 3 is 2.71 bits per heavy atom. The highest BCUT2D eigenvalue weighted by atomic mass is 32.2. The molecule has 0 aliphatic carbocycles. The van der Waals surface area contributed by atoms with Crippen LogP contribution in [0.25, 0.3) is 10.9 Å². The molecule has 0 aromatic carbocycles. The van der Waals surface area contributed by atoms with E-state index in [0.717, 1.165) is 48.1 Å². The minimum atomic E-state index is -1.16. The summed E-state index contributed by atoms with van der Waals surface area (Å²) in [6, 6.07) is 10.9. The Bertz CT molecular complexity index is 1240. The Morgan fingerprint density at radius 2 is 2.00 bits per heavy atom. The SMILES string of the molecule is Cc1cc(Nc2cc3ncccc3c(NC3CC4CCCC(C3)N4[S+]([O-])N3CC(C#N)C3)n2)n[nH]1. The molecule has 3 saturated heterocycles. The molecule has 0 spiro atoms. The number of rotatable bonds is 6. The zero-order valence-corrected chi connectivity index (χ0v) is 20.5. The number of anilines is 3. The summed E-state index contributed by atoms with van der Waals surface area (Å²) in [6.45, 7) is 3.18. The highest BCUT2D eigenvalue weighted by molar-refractivity contribution is 7.86. The molecule has 3 atom stereocenters. The standard InChI is InChI=1S/C24H29N9OS/c1-15-8-23(31-30-15)28-22-11-21-20(6-3-7-26-21)24(29-22)27-17-9-18-4-2-5-19(10-17)33(18)35(34)32-13-16(12-25)14-32/h3,6-8,11,16-19H,2,4-5,9-10,13-14H2,1H3,(H3,27,28,29,30,31). The van der Waals surface area contributed by atoms with Gasteiger partial charge in [-0.2, -0.15) is 10.4 Å². The Balaban J connectivity index is 1.21. The van der Waals surface area contributed by atoms with Crippen molar-refractivity contribution in [2.45, 2.75) is 57.2 Å². The number of aromatic amines is 1. The average molecular weight is 492 g/mol. The number of piperidine rings is 2. The number of nitrogens with one attached hydrogen (secondary N) is 3. The van der Waals surface area contributed by atoms with Gasteiger partial charge in [0.25, 0.3) is 0 Å². The van der Waals surface area contributed by atoms with E-state index < -0.39 is 11.5 Å². The van der Waals surface area contributed by atoms with Crippen LogP contribution in [0.5, 0.6) is 0 Å². The van der Waals surface area contributed by atoms with Gasteiger partial charge in [-0.15, -0.1) is 8.61 Å². The molecule has 3 fully saturated rings. The van der Waals surface area contributed by atoms with Crippen molar-refractivity contribution >= 4 is 39.9 Å². The number of nitrogens with zero attached hydrogens (tertiary/aromatic N) is 6. The lowest BCUT2D eigenvalue weighted by Crippen LogP contribution is -2.63. The molecule has 3 aliphatic rings. The Labute approximate surface area is 207 Å². The second kappa shape index (κ2) is 9.28. The number of H-pyrrole nitrogens is 1. The number of fused-ring (bicyclic) bond motifs is 3. The van der Waals surface area contributed by atoms with Crippen molar-refractivity contribution in [3.63, 3.8) is 0 Å². The van der Waals surface area contributed by atoms with E-state index in [4.69, 9.17) is 10.2 Å². The first-order chi connectivity index (χ1) is 17.1. The molecule has 0 saturated carbocycles. The fraction of sp³-hybridized carbons (Fsp3) is 0.500. The smallest absolute Gasteiger partial charge is 0.153 e. The maximum absolute atomic E-state index is 13.3. The third-order valence-electron chi connectivity index (χ3n) is 7.24. The third kappa shape index (κ3) is 4.43. The zero-order valence-electron chi connectivity index (χ0n) is 19.6. The third-order valence-corrected chi connectivity index (χ3v) is 8.94. The molecule has 182 valence electrons. The lowest BCUT2D eigenvalue weighted by atomic mass is 9.84. The number of pyridine rings is 2. The highest BCUT2D eigenvalue weighted by Gasteiger charge is 2.49. The van der Waals surface area contributed by atoms with Gasteiger partial charge in [0.1, 0.15) is 23.2 Å². The summed E-state index contributed by atoms with van der Waals surface area (Å²) in [5, 5.41) is 24.3. The molecule has 3 unspecified atom stereocenters. The molecule has 3 aromatic heterocycles. The quantitative estimate of drug-likeness (QED) is 0.445. The van der Waals surface area contributed by atoms with E-state index in [-0.39, 0.29) is 24.0 Å². The summed E-state index contributed by atoms with van der Waals surface area (Å²) in [5.74, 6) is 2.22. The van der Waals surface area contributed by atoms with E-state index >= 15 is 0 Å². The van der Waals surface area contributed by atoms with Crippen molar-refractivity contribution in [1.29, 1.82) is 5.26 Å². The summed E-state index contributed by atoms with van der Waals surface area (Å²) in [7, 11) is 0. The van der Waals surface area contributed by atoms with Crippen molar-refractivity contribution in [3.8, 4) is 6.07 Å². The monoisotopic (exact) mass is 491 g/mol. The van der Waals surface area contributed by atoms with Gasteiger partial charge < -0.3 is 15.2 Å². The molecule has 3 aliphatic heterocycles. The van der Waals surface area contributed by atoms with Gasteiger partial charge in [-0.05, 0) is 51.2 Å². The van der Waals surface area contributed by atoms with Gasteiger partial charge in [-0.25, -0.2) is 4.98 Å². The van der Waals surface area contributed by atoms with Gasteiger partial charge in [0, 0.05) is 35.5 Å². The van der Waals surface area contributed by atoms with Crippen LogP contribution in [0.3, 0.4) is 0 Å². The molecule has 11 heteroatoms. The van der Waals surface area contributed by atoms with Gasteiger partial charge in [-0.3, -0.25) is 10.1 Å². The van der Waals surface area contributed by atoms with Crippen molar-refractivity contribution in [2.75, 3.05) is 23.7 Å². The molecular weight excluding hydrogens is 462 g/mol. The summed E-state index contributed by atoms with van der Waals surface area (Å²) in [6.07, 6.45) is 6.88. The summed E-state index contributed by atoms with van der Waals surface area (Å²) in [5.41, 5.74) is 1.84. The lowest BCUT2D eigenvalue weighted by molar-refractivity contribution is 0.0983. The molecule has 3 aromatic rings. The molecule has 0 radical (unpaired) electrons. The maximum Gasteiger partial charge on any atom is 0.153 e. The molecular formula is C24H29N9OS. The summed E-state index contributed by atoms with van der Waals surface area (Å²) >= 11 is -1.16. The van der Waals surface area contributed by atoms with Crippen molar-refractivity contribution < 1.29 is 4.55 Å². The van der Waals surface area contributed by atoms with Crippen LogP contribution >= 0.6 is 0 Å². The van der Waals surface area contributed by atoms with E-state index in [2.05, 4.69) is 36.2 Å². The summed E-state index contributed by atoms with van der Waals surface area (Å²) in [4.78, 5) is 9.45. The van der Waals surface area contributed by atoms with E-state index in [1.807, 2.05) is 35.5 Å². The molecule has 6 heterocycles. The van der Waals surface area contributed by atoms with Gasteiger partial charge in [0.15, 0.2) is 5.82 Å². The van der Waals surface area contributed by atoms with Gasteiger partial charge in [-0.1, -0.05) is 0 Å². The van der Waals surface area contributed by atoms with Crippen LogP contribution in [0.2, 0.25) is 0 Å². The molecule has 2 bridgehead atoms. The van der Waals surface area contributed by atoms with Crippen LogP contribution in [0.1, 0.15) is 37.8 Å². The van der Waals surface area contributed by atoms with Gasteiger partial charge >= 0.3 is 0 Å². The van der Waals surface area contributed by atoms with E-state index in [1.165, 1.54) is 6.42 Å². The zero-order chi connectivity index (χ0) is 23.9. The minimum absolute atomic E-state index is 0.0113. The predicted octanol–water partition coefficient (Wildman–Crippen LogP) is 3.24. The normalized spacial score (nSPS) is 26.1. The van der Waals surface area contributed by atoms with E-state index in [1.54, 1.807) is 6.20 Å². The highest BCUT2D eigenvalue weighted by Crippen LogP contribution is 2.39. The van der Waals surface area contributed by atoms with Crippen molar-refractivity contribution in [1.82, 2.24) is 28.8 Å². The fourth-order valence-corrected chi connectivity index (χ4v) is 7.32. The molecule has 0 amide bonds. The van der Waals surface area contributed by atoms with Crippen molar-refractivity contribution in [3.05, 3.63) is 36.2 Å². The van der Waals surface area contributed by atoms with Crippen LogP contribution < -0.4 is 10.6 Å². The number of hydrogen-bond donors (Lipinski definition) is 3. The Kier molecular flexibility index (Phi) is 5.98. The van der Waals surface area contributed by atoms with E-state index in [9.17, 15) is 4.55 Å². The average Bonchev–Trinajstić information content (AvgIpc) is 3.22. The molecule has 3 N–H and O–H groups in total. The number of aryl methyl sites for hydroxylation is 1. The number of aromatic nitrogens is 4. The van der Waals surface area contributed by atoms with Crippen LogP contribution in [-0.2, 0) is 11.5 Å². The molecule has 6 rings (SSSR count). The predicted molar refractivity (Wildman–Crippen MR) is 135 cm³/mol. The molecule has 10 nitrogen and oxygen atoms in total. The first-order valence-corrected chi connectivity index (χ1v) is 13.3. The first-order valence-electron chi connectivity index (χ1n) is 12.2. The lowest BCUT2D eigenvalue weighted by Gasteiger charge is -2.49. The molecule has 35 heavy (non-hydrogen) atoms. The second-order valence-electron chi connectivity index (χ2n) is 9.80. The van der Waals surface area contributed by atoms with E-state index in [0.29, 0.717) is 24.7 Å². The first kappa shape index (κ1) is 22.5. The van der Waals surface area contributed by atoms with Crippen LogP contribution in [0.4, 0.5) is 17.5 Å². The number of hydrogen-bond acceptors (Lipinski definition) is 9. The summed E-state index contributed by atoms with van der Waals surface area (Å²) < 4.78 is 17.5. The Morgan fingerprint density at radius 1 is 1.20 bits per heavy atom. The van der Waals surface area contributed by atoms with Crippen LogP contribution in [0.15, 0.2) is 30.5 Å². The number of nitriles is 1. The Hall–Kier alpha value is -2.91. The van der Waals surface area contributed by atoms with Crippen LogP contribution in [0, 0.1) is 24.2 Å². The largest absolute Gasteiger partial charge is 0.578 e. The van der Waals surface area contributed by atoms with Crippen molar-refractivity contribution in [2.24, 2.45) is 5.92 Å². The minimum Gasteiger partial charge on any atom is -0.578 e. The second-order valence-corrected chi connectivity index (χ2v) is 11.2. The van der Waals surface area contributed by atoms with Gasteiger partial charge in [0.05, 0.1) is 42.7 Å². The topological polar surface area (TPSA) is 132 Å². The maximum atomic E-state index is 13.3.